The molecule has 16 heavy (non-hydrogen) atoms. The van der Waals surface area contributed by atoms with Gasteiger partial charge in [0.15, 0.2) is 0 Å². The van der Waals surface area contributed by atoms with Gasteiger partial charge in [-0.3, -0.25) is 0 Å². The summed E-state index contributed by atoms with van der Waals surface area (Å²) in [6.45, 7) is 6.62. The van der Waals surface area contributed by atoms with Gasteiger partial charge in [0.2, 0.25) is 0 Å². The Labute approximate surface area is 116 Å². The van der Waals surface area contributed by atoms with Crippen LogP contribution < -0.4 is 10.6 Å². The van der Waals surface area contributed by atoms with Crippen LogP contribution in [-0.2, 0) is 14.7 Å². The first-order valence-corrected chi connectivity index (χ1v) is 12.1. The van der Waals surface area contributed by atoms with Crippen LogP contribution in [0.3, 0.4) is 0 Å². The molecular weight excluding hydrogens is 304 g/mol. The molecule has 96 valence electrons. The number of rotatable bonds is 0. The Balaban J connectivity index is 0.000000487. The van der Waals surface area contributed by atoms with Crippen LogP contribution in [-0.4, -0.2) is 39.3 Å². The Bertz CT molecular complexity index is 95.4. The molecule has 0 spiro atoms. The van der Waals surface area contributed by atoms with Crippen molar-refractivity contribution in [1.82, 2.24) is 10.6 Å². The Morgan fingerprint density at radius 1 is 0.750 bits per heavy atom. The molecule has 1 saturated heterocycles. The first kappa shape index (κ1) is 17.5. The molecular formula is C9H20Cl3N3Ti. The van der Waals surface area contributed by atoms with Gasteiger partial charge >= 0.3 is 42.6 Å². The molecule has 0 radical (unpaired) electrons. The van der Waals surface area contributed by atoms with E-state index in [1.807, 2.05) is 0 Å². The van der Waals surface area contributed by atoms with Gasteiger partial charge in [0.1, 0.15) is 0 Å². The molecule has 1 aliphatic rings. The summed E-state index contributed by atoms with van der Waals surface area (Å²) >= 11 is -1.92. The van der Waals surface area contributed by atoms with Gasteiger partial charge in [-0.2, -0.15) is 0 Å². The second-order valence-corrected chi connectivity index (χ2v) is 11.2. The number of hydrogen-bond donors (Lipinski definition) is 2. The van der Waals surface area contributed by atoms with E-state index in [0.29, 0.717) is 0 Å². The van der Waals surface area contributed by atoms with Crippen molar-refractivity contribution in [2.45, 2.75) is 19.3 Å². The van der Waals surface area contributed by atoms with Crippen LogP contribution in [0.15, 0.2) is 0 Å². The first-order valence-electron chi connectivity index (χ1n) is 5.61. The van der Waals surface area contributed by atoms with E-state index in [0.717, 1.165) is 39.3 Å². The number of hydrogen-bond acceptors (Lipinski definition) is 2. The third-order valence-electron chi connectivity index (χ3n) is 2.05. The van der Waals surface area contributed by atoms with Crippen molar-refractivity contribution in [3.05, 3.63) is 5.32 Å². The van der Waals surface area contributed by atoms with Crippen molar-refractivity contribution >= 4 is 27.9 Å². The zero-order valence-corrected chi connectivity index (χ0v) is 13.3. The second kappa shape index (κ2) is 14.5. The molecule has 1 aliphatic heterocycles. The number of nitrogens with one attached hydrogen (secondary N) is 2. The number of halogens is 3. The van der Waals surface area contributed by atoms with E-state index in [1.165, 1.54) is 19.3 Å². The SMILES string of the molecule is C1C[N-]CCCNCCCNC1.[Cl][Ti+]([Cl])[Cl]. The fourth-order valence-electron chi connectivity index (χ4n) is 1.33. The summed E-state index contributed by atoms with van der Waals surface area (Å²) in [6.07, 6.45) is 3.65. The summed E-state index contributed by atoms with van der Waals surface area (Å²) < 4.78 is 0. The summed E-state index contributed by atoms with van der Waals surface area (Å²) in [7, 11) is 14.9. The minimum absolute atomic E-state index is 1.03. The van der Waals surface area contributed by atoms with Crippen molar-refractivity contribution in [1.29, 1.82) is 0 Å². The van der Waals surface area contributed by atoms with E-state index in [9.17, 15) is 0 Å². The Hall–Kier alpha value is 1.46. The first-order chi connectivity index (χ1) is 7.73. The van der Waals surface area contributed by atoms with E-state index in [1.54, 1.807) is 0 Å². The van der Waals surface area contributed by atoms with Crippen LogP contribution >= 0.6 is 27.9 Å². The third kappa shape index (κ3) is 17.8. The molecule has 0 amide bonds. The molecule has 0 unspecified atom stereocenters. The summed E-state index contributed by atoms with van der Waals surface area (Å²) in [6, 6.07) is 0. The van der Waals surface area contributed by atoms with Crippen LogP contribution in [0.2, 0.25) is 0 Å². The quantitative estimate of drug-likeness (QED) is 0.673. The monoisotopic (exact) mass is 323 g/mol. The van der Waals surface area contributed by atoms with E-state index in [2.05, 4.69) is 16.0 Å². The van der Waals surface area contributed by atoms with E-state index < -0.39 is 14.7 Å². The standard InChI is InChI=1S/C9H20N3.3ClH.Ti/c1-4-10-6-2-8-12-9-3-7-11-5-1;;;;/h10-11H,1-9H2;3*1H;/q-1;;;;+4/p-3. The topological polar surface area (TPSA) is 38.2 Å². The molecule has 7 heteroatoms. The molecule has 3 nitrogen and oxygen atoms in total. The van der Waals surface area contributed by atoms with Crippen molar-refractivity contribution in [3.8, 4) is 0 Å². The third-order valence-corrected chi connectivity index (χ3v) is 2.05. The zero-order chi connectivity index (χ0) is 12.1. The molecule has 2 N–H and O–H groups in total. The fraction of sp³-hybridized carbons (Fsp3) is 1.00. The predicted molar refractivity (Wildman–Crippen MR) is 70.2 cm³/mol. The number of nitrogens with zero attached hydrogens (tertiary/aromatic N) is 1. The Morgan fingerprint density at radius 3 is 1.56 bits per heavy atom. The predicted octanol–water partition coefficient (Wildman–Crippen LogP) is 2.79. The van der Waals surface area contributed by atoms with Crippen molar-refractivity contribution in [2.24, 2.45) is 0 Å². The van der Waals surface area contributed by atoms with Gasteiger partial charge in [-0.05, 0) is 32.6 Å². The van der Waals surface area contributed by atoms with E-state index in [4.69, 9.17) is 27.9 Å². The Kier molecular flexibility index (Phi) is 15.9. The molecule has 1 fully saturated rings. The minimum atomic E-state index is -1.92. The van der Waals surface area contributed by atoms with Crippen molar-refractivity contribution in [2.75, 3.05) is 39.3 Å². The second-order valence-electron chi connectivity index (χ2n) is 3.45. The normalized spacial score (nSPS) is 19.7. The van der Waals surface area contributed by atoms with Gasteiger partial charge in [0.25, 0.3) is 0 Å². The van der Waals surface area contributed by atoms with Gasteiger partial charge in [-0.15, -0.1) is 13.1 Å². The Morgan fingerprint density at radius 2 is 1.12 bits per heavy atom. The van der Waals surface area contributed by atoms with Crippen molar-refractivity contribution in [3.63, 3.8) is 0 Å². The average molecular weight is 325 g/mol. The summed E-state index contributed by atoms with van der Waals surface area (Å²) in [4.78, 5) is 0. The molecule has 0 aromatic rings. The van der Waals surface area contributed by atoms with Crippen LogP contribution in [0.1, 0.15) is 19.3 Å². The van der Waals surface area contributed by atoms with Gasteiger partial charge in [-0.25, -0.2) is 0 Å². The molecule has 0 saturated carbocycles. The van der Waals surface area contributed by atoms with E-state index >= 15 is 0 Å². The van der Waals surface area contributed by atoms with Gasteiger partial charge in [-0.1, -0.05) is 12.8 Å². The summed E-state index contributed by atoms with van der Waals surface area (Å²) in [5.74, 6) is 0. The zero-order valence-electron chi connectivity index (χ0n) is 9.45. The van der Waals surface area contributed by atoms with Crippen molar-refractivity contribution < 1.29 is 14.7 Å². The fourth-order valence-corrected chi connectivity index (χ4v) is 1.33. The van der Waals surface area contributed by atoms with E-state index in [-0.39, 0.29) is 0 Å². The molecule has 0 aromatic heterocycles. The van der Waals surface area contributed by atoms with Gasteiger partial charge in [0.05, 0.1) is 0 Å². The van der Waals surface area contributed by atoms with Gasteiger partial charge < -0.3 is 16.0 Å². The maximum atomic E-state index is 4.97. The maximum absolute atomic E-state index is 4.97. The molecule has 1 rings (SSSR count). The van der Waals surface area contributed by atoms with Crippen LogP contribution in [0.4, 0.5) is 0 Å². The van der Waals surface area contributed by atoms with Gasteiger partial charge in [0, 0.05) is 0 Å². The molecule has 1 heterocycles. The average Bonchev–Trinajstić information content (AvgIpc) is 2.17. The van der Waals surface area contributed by atoms with Crippen LogP contribution in [0, 0.1) is 0 Å². The van der Waals surface area contributed by atoms with Crippen LogP contribution in [0.25, 0.3) is 5.32 Å². The molecule has 0 aromatic carbocycles. The molecule has 0 aliphatic carbocycles. The summed E-state index contributed by atoms with van der Waals surface area (Å²) in [5.41, 5.74) is 0. The summed E-state index contributed by atoms with van der Waals surface area (Å²) in [5, 5.41) is 11.2. The molecule has 0 bridgehead atoms. The van der Waals surface area contributed by atoms with Crippen LogP contribution in [0.5, 0.6) is 0 Å². The molecule has 0 atom stereocenters.